The first kappa shape index (κ1) is 9.34. The van der Waals surface area contributed by atoms with E-state index in [4.69, 9.17) is 4.74 Å². The van der Waals surface area contributed by atoms with Crippen LogP contribution in [0.1, 0.15) is 24.9 Å². The first-order valence-electron chi connectivity index (χ1n) is 5.00. The Morgan fingerprint density at radius 2 is 2.36 bits per heavy atom. The molecule has 0 saturated carbocycles. The van der Waals surface area contributed by atoms with Gasteiger partial charge in [-0.2, -0.15) is 0 Å². The number of nitrogens with one attached hydrogen (secondary N) is 1. The molecule has 1 heterocycles. The zero-order chi connectivity index (χ0) is 9.97. The molecule has 1 unspecified atom stereocenters. The predicted molar refractivity (Wildman–Crippen MR) is 54.6 cm³/mol. The molecular formula is C11H15NO2. The Hall–Kier alpha value is -1.22. The van der Waals surface area contributed by atoms with Gasteiger partial charge in [-0.05, 0) is 37.6 Å². The lowest BCUT2D eigenvalue weighted by Gasteiger charge is -2.28. The summed E-state index contributed by atoms with van der Waals surface area (Å²) in [5, 5.41) is 12.8. The number of phenols is 1. The summed E-state index contributed by atoms with van der Waals surface area (Å²) in [6.07, 6.45) is 1.16. The second-order valence-electron chi connectivity index (χ2n) is 3.46. The first-order chi connectivity index (χ1) is 6.81. The van der Waals surface area contributed by atoms with Crippen molar-refractivity contribution < 1.29 is 9.84 Å². The molecule has 0 amide bonds. The topological polar surface area (TPSA) is 41.5 Å². The molecule has 1 aromatic carbocycles. The summed E-state index contributed by atoms with van der Waals surface area (Å²) in [6.45, 7) is 3.57. The van der Waals surface area contributed by atoms with Crippen LogP contribution in [-0.4, -0.2) is 18.3 Å². The fourth-order valence-corrected chi connectivity index (χ4v) is 1.59. The molecule has 0 radical (unpaired) electrons. The molecule has 14 heavy (non-hydrogen) atoms. The smallest absolute Gasteiger partial charge is 0.161 e. The minimum atomic E-state index is 0.218. The van der Waals surface area contributed by atoms with E-state index in [2.05, 4.69) is 5.32 Å². The van der Waals surface area contributed by atoms with E-state index in [-0.39, 0.29) is 5.75 Å². The van der Waals surface area contributed by atoms with E-state index >= 15 is 0 Å². The van der Waals surface area contributed by atoms with Crippen LogP contribution in [0.3, 0.4) is 0 Å². The summed E-state index contributed by atoms with van der Waals surface area (Å²) in [4.78, 5) is 0. The van der Waals surface area contributed by atoms with Gasteiger partial charge in [0, 0.05) is 6.04 Å². The van der Waals surface area contributed by atoms with E-state index in [0.29, 0.717) is 18.4 Å². The Morgan fingerprint density at radius 3 is 2.93 bits per heavy atom. The normalized spacial score (nSPS) is 20.2. The van der Waals surface area contributed by atoms with E-state index in [1.54, 1.807) is 6.07 Å². The summed E-state index contributed by atoms with van der Waals surface area (Å²) in [6, 6.07) is 5.99. The SMILES string of the molecule is CCOc1cc(C2CCN2)ccc1O. The maximum Gasteiger partial charge on any atom is 0.161 e. The van der Waals surface area contributed by atoms with Gasteiger partial charge in [0.15, 0.2) is 11.5 Å². The van der Waals surface area contributed by atoms with Crippen molar-refractivity contribution >= 4 is 0 Å². The summed E-state index contributed by atoms with van der Waals surface area (Å²) >= 11 is 0. The lowest BCUT2D eigenvalue weighted by atomic mass is 9.98. The summed E-state index contributed by atoms with van der Waals surface area (Å²) in [5.74, 6) is 0.800. The standard InChI is InChI=1S/C11H15NO2/c1-2-14-11-7-8(3-4-10(11)13)9-5-6-12-9/h3-4,7,9,12-13H,2,5-6H2,1H3. The molecule has 2 N–H and O–H groups in total. The van der Waals surface area contributed by atoms with Crippen LogP contribution in [0.4, 0.5) is 0 Å². The number of aromatic hydroxyl groups is 1. The Bertz CT molecular complexity index is 321. The maximum atomic E-state index is 9.49. The minimum absolute atomic E-state index is 0.218. The average Bonchev–Trinajstić information content (AvgIpc) is 2.08. The molecule has 3 nitrogen and oxygen atoms in total. The molecule has 76 valence electrons. The number of hydrogen-bond donors (Lipinski definition) is 2. The number of rotatable bonds is 3. The van der Waals surface area contributed by atoms with Crippen molar-refractivity contribution in [3.63, 3.8) is 0 Å². The van der Waals surface area contributed by atoms with E-state index in [1.165, 1.54) is 5.56 Å². The highest BCUT2D eigenvalue weighted by Gasteiger charge is 2.19. The third-order valence-corrected chi connectivity index (χ3v) is 2.51. The van der Waals surface area contributed by atoms with Crippen molar-refractivity contribution in [2.75, 3.05) is 13.2 Å². The largest absolute Gasteiger partial charge is 0.504 e. The summed E-state index contributed by atoms with van der Waals surface area (Å²) in [5.41, 5.74) is 1.19. The molecule has 2 rings (SSSR count). The first-order valence-corrected chi connectivity index (χ1v) is 5.00. The van der Waals surface area contributed by atoms with Crippen molar-refractivity contribution in [3.8, 4) is 11.5 Å². The molecule has 1 saturated heterocycles. The third kappa shape index (κ3) is 1.68. The van der Waals surface area contributed by atoms with Crippen LogP contribution in [-0.2, 0) is 0 Å². The Labute approximate surface area is 83.7 Å². The van der Waals surface area contributed by atoms with Gasteiger partial charge in [-0.1, -0.05) is 6.07 Å². The predicted octanol–water partition coefficient (Wildman–Crippen LogP) is 1.83. The third-order valence-electron chi connectivity index (χ3n) is 2.51. The van der Waals surface area contributed by atoms with Gasteiger partial charge >= 0.3 is 0 Å². The van der Waals surface area contributed by atoms with E-state index in [0.717, 1.165) is 13.0 Å². The van der Waals surface area contributed by atoms with Crippen molar-refractivity contribution in [2.24, 2.45) is 0 Å². The van der Waals surface area contributed by atoms with Crippen LogP contribution in [0.5, 0.6) is 11.5 Å². The molecule has 1 aliphatic rings. The summed E-state index contributed by atoms with van der Waals surface area (Å²) in [7, 11) is 0. The number of hydrogen-bond acceptors (Lipinski definition) is 3. The molecule has 1 atom stereocenters. The molecule has 1 aromatic rings. The van der Waals surface area contributed by atoms with Crippen LogP contribution in [0, 0.1) is 0 Å². The lowest BCUT2D eigenvalue weighted by Crippen LogP contribution is -2.34. The monoisotopic (exact) mass is 193 g/mol. The Balaban J connectivity index is 2.21. The van der Waals surface area contributed by atoms with Gasteiger partial charge < -0.3 is 15.2 Å². The highest BCUT2D eigenvalue weighted by Crippen LogP contribution is 2.32. The zero-order valence-electron chi connectivity index (χ0n) is 8.29. The van der Waals surface area contributed by atoms with Gasteiger partial charge in [0.1, 0.15) is 0 Å². The quantitative estimate of drug-likeness (QED) is 0.769. The lowest BCUT2D eigenvalue weighted by molar-refractivity contribution is 0.315. The number of ether oxygens (including phenoxy) is 1. The molecule has 0 spiro atoms. The van der Waals surface area contributed by atoms with Gasteiger partial charge in [-0.15, -0.1) is 0 Å². The van der Waals surface area contributed by atoms with Crippen LogP contribution >= 0.6 is 0 Å². The molecule has 3 heteroatoms. The van der Waals surface area contributed by atoms with Crippen LogP contribution in [0.15, 0.2) is 18.2 Å². The summed E-state index contributed by atoms with van der Waals surface area (Å²) < 4.78 is 5.32. The Morgan fingerprint density at radius 1 is 1.57 bits per heavy atom. The van der Waals surface area contributed by atoms with Crippen LogP contribution in [0.25, 0.3) is 0 Å². The fraction of sp³-hybridized carbons (Fsp3) is 0.455. The minimum Gasteiger partial charge on any atom is -0.504 e. The van der Waals surface area contributed by atoms with Gasteiger partial charge in [0.25, 0.3) is 0 Å². The average molecular weight is 193 g/mol. The van der Waals surface area contributed by atoms with Gasteiger partial charge in [-0.25, -0.2) is 0 Å². The van der Waals surface area contributed by atoms with Crippen LogP contribution in [0.2, 0.25) is 0 Å². The zero-order valence-corrected chi connectivity index (χ0v) is 8.29. The fourth-order valence-electron chi connectivity index (χ4n) is 1.59. The second-order valence-corrected chi connectivity index (χ2v) is 3.46. The highest BCUT2D eigenvalue weighted by molar-refractivity contribution is 5.43. The molecule has 0 aliphatic carbocycles. The molecule has 1 fully saturated rings. The van der Waals surface area contributed by atoms with E-state index in [1.807, 2.05) is 19.1 Å². The van der Waals surface area contributed by atoms with Crippen molar-refractivity contribution in [3.05, 3.63) is 23.8 Å². The highest BCUT2D eigenvalue weighted by atomic mass is 16.5. The molecule has 0 bridgehead atoms. The maximum absolute atomic E-state index is 9.49. The van der Waals surface area contributed by atoms with Crippen molar-refractivity contribution in [2.45, 2.75) is 19.4 Å². The van der Waals surface area contributed by atoms with E-state index in [9.17, 15) is 5.11 Å². The van der Waals surface area contributed by atoms with Crippen molar-refractivity contribution in [1.82, 2.24) is 5.32 Å². The molecular weight excluding hydrogens is 178 g/mol. The van der Waals surface area contributed by atoms with Crippen molar-refractivity contribution in [1.29, 1.82) is 0 Å². The van der Waals surface area contributed by atoms with Gasteiger partial charge in [0.2, 0.25) is 0 Å². The number of benzene rings is 1. The van der Waals surface area contributed by atoms with E-state index < -0.39 is 0 Å². The molecule has 0 aromatic heterocycles. The second kappa shape index (κ2) is 3.88. The van der Waals surface area contributed by atoms with Gasteiger partial charge in [0.05, 0.1) is 6.61 Å². The van der Waals surface area contributed by atoms with Gasteiger partial charge in [-0.3, -0.25) is 0 Å². The number of phenolic OH excluding ortho intramolecular Hbond substituents is 1. The molecule has 1 aliphatic heterocycles. The van der Waals surface area contributed by atoms with Crippen LogP contribution < -0.4 is 10.1 Å². The Kier molecular flexibility index (Phi) is 2.59.